The highest BCUT2D eigenvalue weighted by Gasteiger charge is 2.19. The number of carbonyl (C=O) groups is 3. The second kappa shape index (κ2) is 6.73. The average molecular weight is 254 g/mol. The minimum Gasteiger partial charge on any atom is -0.342 e. The van der Waals surface area contributed by atoms with Gasteiger partial charge in [0.25, 0.3) is 5.91 Å². The van der Waals surface area contributed by atoms with E-state index in [1.54, 1.807) is 4.90 Å². The van der Waals surface area contributed by atoms with E-state index in [4.69, 9.17) is 0 Å². The Morgan fingerprint density at radius 1 is 1.33 bits per heavy atom. The second-order valence-electron chi connectivity index (χ2n) is 3.84. The fraction of sp³-hybridized carbons (Fsp3) is 0.636. The summed E-state index contributed by atoms with van der Waals surface area (Å²) in [6.45, 7) is 4.94. The van der Waals surface area contributed by atoms with Crippen LogP contribution in [0.2, 0.25) is 0 Å². The van der Waals surface area contributed by atoms with E-state index >= 15 is 0 Å². The molecule has 0 bridgehead atoms. The molecule has 18 heavy (non-hydrogen) atoms. The maximum absolute atomic E-state index is 11.6. The lowest BCUT2D eigenvalue weighted by atomic mass is 10.1. The van der Waals surface area contributed by atoms with Gasteiger partial charge in [0.15, 0.2) is 0 Å². The Hall–Kier alpha value is -1.92. The van der Waals surface area contributed by atoms with Gasteiger partial charge >= 0.3 is 0 Å². The van der Waals surface area contributed by atoms with Gasteiger partial charge in [-0.25, -0.2) is 5.43 Å². The molecule has 0 aromatic carbocycles. The Balaban J connectivity index is 2.42. The van der Waals surface area contributed by atoms with E-state index < -0.39 is 5.91 Å². The van der Waals surface area contributed by atoms with Crippen LogP contribution in [-0.2, 0) is 14.4 Å². The van der Waals surface area contributed by atoms with Crippen molar-refractivity contribution >= 4 is 23.4 Å². The van der Waals surface area contributed by atoms with Crippen LogP contribution in [0.1, 0.15) is 26.7 Å². The molecule has 7 nitrogen and oxygen atoms in total. The second-order valence-corrected chi connectivity index (χ2v) is 3.84. The molecule has 0 fully saturated rings. The van der Waals surface area contributed by atoms with Gasteiger partial charge in [0.1, 0.15) is 5.71 Å². The zero-order chi connectivity index (χ0) is 13.5. The van der Waals surface area contributed by atoms with Crippen molar-refractivity contribution in [3.05, 3.63) is 0 Å². The van der Waals surface area contributed by atoms with Gasteiger partial charge in [-0.15, -0.1) is 0 Å². The van der Waals surface area contributed by atoms with Gasteiger partial charge in [0, 0.05) is 25.9 Å². The summed E-state index contributed by atoms with van der Waals surface area (Å²) in [5, 5.41) is 6.16. The van der Waals surface area contributed by atoms with Crippen molar-refractivity contribution in [3.63, 3.8) is 0 Å². The molecule has 0 unspecified atom stereocenters. The molecule has 100 valence electrons. The standard InChI is InChI=1S/C11H18N4O3/c1-3-15(4-2)10(17)7-12-11(18)8-5-6-9(16)14-13-8/h3-7H2,1-2H3,(H,12,18)(H,14,16). The number of nitrogens with one attached hydrogen (secondary N) is 2. The van der Waals surface area contributed by atoms with Gasteiger partial charge in [-0.1, -0.05) is 0 Å². The van der Waals surface area contributed by atoms with Crippen LogP contribution < -0.4 is 10.7 Å². The lowest BCUT2D eigenvalue weighted by Crippen LogP contribution is -2.43. The molecule has 0 aromatic heterocycles. The third-order valence-corrected chi connectivity index (χ3v) is 2.68. The van der Waals surface area contributed by atoms with Gasteiger partial charge in [0.2, 0.25) is 11.8 Å². The average Bonchev–Trinajstić information content (AvgIpc) is 2.38. The summed E-state index contributed by atoms with van der Waals surface area (Å²) in [5.41, 5.74) is 2.49. The highest BCUT2D eigenvalue weighted by atomic mass is 16.2. The van der Waals surface area contributed by atoms with Crippen molar-refractivity contribution < 1.29 is 14.4 Å². The zero-order valence-electron chi connectivity index (χ0n) is 10.7. The van der Waals surface area contributed by atoms with Crippen LogP contribution in [0.3, 0.4) is 0 Å². The Bertz CT molecular complexity index is 374. The summed E-state index contributed by atoms with van der Waals surface area (Å²) < 4.78 is 0. The van der Waals surface area contributed by atoms with Crippen LogP contribution in [0.25, 0.3) is 0 Å². The molecule has 1 rings (SSSR count). The van der Waals surface area contributed by atoms with Gasteiger partial charge in [0.05, 0.1) is 6.54 Å². The fourth-order valence-electron chi connectivity index (χ4n) is 1.58. The largest absolute Gasteiger partial charge is 0.342 e. The summed E-state index contributed by atoms with van der Waals surface area (Å²) in [6, 6.07) is 0. The van der Waals surface area contributed by atoms with Crippen molar-refractivity contribution in [3.8, 4) is 0 Å². The number of hydrogen-bond acceptors (Lipinski definition) is 4. The molecule has 0 spiro atoms. The third-order valence-electron chi connectivity index (χ3n) is 2.68. The van der Waals surface area contributed by atoms with Crippen LogP contribution in [0.5, 0.6) is 0 Å². The number of nitrogens with zero attached hydrogens (tertiary/aromatic N) is 2. The number of hydrogen-bond donors (Lipinski definition) is 2. The van der Waals surface area contributed by atoms with Gasteiger partial charge in [-0.3, -0.25) is 14.4 Å². The van der Waals surface area contributed by atoms with Crippen molar-refractivity contribution in [2.24, 2.45) is 5.10 Å². The van der Waals surface area contributed by atoms with Crippen molar-refractivity contribution in [1.82, 2.24) is 15.6 Å². The van der Waals surface area contributed by atoms with Gasteiger partial charge in [-0.05, 0) is 13.8 Å². The van der Waals surface area contributed by atoms with E-state index in [-0.39, 0.29) is 30.5 Å². The minimum atomic E-state index is -0.407. The van der Waals surface area contributed by atoms with E-state index in [1.165, 1.54) is 0 Å². The zero-order valence-corrected chi connectivity index (χ0v) is 10.7. The minimum absolute atomic E-state index is 0.0481. The number of likely N-dealkylation sites (N-methyl/N-ethyl adjacent to an activating group) is 1. The maximum atomic E-state index is 11.6. The van der Waals surface area contributed by atoms with E-state index in [1.807, 2.05) is 13.8 Å². The monoisotopic (exact) mass is 254 g/mol. The first-order valence-corrected chi connectivity index (χ1v) is 5.99. The van der Waals surface area contributed by atoms with Gasteiger partial charge < -0.3 is 10.2 Å². The smallest absolute Gasteiger partial charge is 0.267 e. The van der Waals surface area contributed by atoms with Crippen LogP contribution in [-0.4, -0.2) is 48.0 Å². The van der Waals surface area contributed by atoms with Crippen molar-refractivity contribution in [2.45, 2.75) is 26.7 Å². The Labute approximate surface area is 106 Å². The number of carbonyl (C=O) groups excluding carboxylic acids is 3. The third kappa shape index (κ3) is 3.83. The topological polar surface area (TPSA) is 90.9 Å². The lowest BCUT2D eigenvalue weighted by molar-refractivity contribution is -0.131. The van der Waals surface area contributed by atoms with E-state index in [9.17, 15) is 14.4 Å². The summed E-state index contributed by atoms with van der Waals surface area (Å²) in [6.07, 6.45) is 0.549. The van der Waals surface area contributed by atoms with Gasteiger partial charge in [-0.2, -0.15) is 5.10 Å². The van der Waals surface area contributed by atoms with Crippen molar-refractivity contribution in [1.29, 1.82) is 0 Å². The summed E-state index contributed by atoms with van der Waals surface area (Å²) in [4.78, 5) is 35.8. The predicted molar refractivity (Wildman–Crippen MR) is 65.7 cm³/mol. The first kappa shape index (κ1) is 14.1. The molecule has 0 aromatic rings. The molecule has 1 heterocycles. The number of rotatable bonds is 5. The Kier molecular flexibility index (Phi) is 5.29. The molecule has 2 N–H and O–H groups in total. The molecular weight excluding hydrogens is 236 g/mol. The highest BCUT2D eigenvalue weighted by Crippen LogP contribution is 1.99. The Morgan fingerprint density at radius 2 is 2.00 bits per heavy atom. The molecular formula is C11H18N4O3. The molecule has 0 aliphatic carbocycles. The molecule has 3 amide bonds. The molecule has 0 saturated carbocycles. The number of hydrazone groups is 1. The number of amides is 3. The molecule has 0 saturated heterocycles. The molecule has 1 aliphatic rings. The fourth-order valence-corrected chi connectivity index (χ4v) is 1.58. The maximum Gasteiger partial charge on any atom is 0.267 e. The van der Waals surface area contributed by atoms with Crippen LogP contribution in [0.15, 0.2) is 5.10 Å². The van der Waals surface area contributed by atoms with Crippen molar-refractivity contribution in [2.75, 3.05) is 19.6 Å². The highest BCUT2D eigenvalue weighted by molar-refractivity contribution is 6.39. The quantitative estimate of drug-likeness (QED) is 0.675. The first-order chi connectivity index (χ1) is 8.58. The van der Waals surface area contributed by atoms with E-state index in [0.717, 1.165) is 0 Å². The normalized spacial score (nSPS) is 14.6. The molecule has 1 aliphatic heterocycles. The first-order valence-electron chi connectivity index (χ1n) is 5.99. The Morgan fingerprint density at radius 3 is 2.50 bits per heavy atom. The van der Waals surface area contributed by atoms with E-state index in [2.05, 4.69) is 15.8 Å². The lowest BCUT2D eigenvalue weighted by Gasteiger charge is -2.19. The SMILES string of the molecule is CCN(CC)C(=O)CNC(=O)C1=NNC(=O)CC1. The molecule has 7 heteroatoms. The summed E-state index contributed by atoms with van der Waals surface area (Å²) >= 11 is 0. The molecule has 0 atom stereocenters. The van der Waals surface area contributed by atoms with Crippen LogP contribution in [0, 0.1) is 0 Å². The van der Waals surface area contributed by atoms with Crippen LogP contribution in [0.4, 0.5) is 0 Å². The van der Waals surface area contributed by atoms with E-state index in [0.29, 0.717) is 19.5 Å². The predicted octanol–water partition coefficient (Wildman–Crippen LogP) is -0.763. The molecule has 0 radical (unpaired) electrons. The summed E-state index contributed by atoms with van der Waals surface area (Å²) in [5.74, 6) is -0.741. The van der Waals surface area contributed by atoms with Crippen LogP contribution >= 0.6 is 0 Å². The summed E-state index contributed by atoms with van der Waals surface area (Å²) in [7, 11) is 0.